The van der Waals surface area contributed by atoms with Crippen molar-refractivity contribution in [1.82, 2.24) is 5.32 Å². The summed E-state index contributed by atoms with van der Waals surface area (Å²) in [5.41, 5.74) is 1.17. The van der Waals surface area contributed by atoms with Crippen molar-refractivity contribution in [2.75, 3.05) is 0 Å². The minimum Gasteiger partial charge on any atom is -0.378 e. The number of para-hydroxylation sites is 1. The number of halogens is 1. The number of hydrogen-bond acceptors (Lipinski definition) is 7. The van der Waals surface area contributed by atoms with Crippen LogP contribution < -0.4 is 9.50 Å². The average molecular weight is 452 g/mol. The van der Waals surface area contributed by atoms with Gasteiger partial charge in [-0.05, 0) is 50.6 Å². The number of carbonyl (C=O) groups excluding carboxylic acids is 1. The maximum Gasteiger partial charge on any atom is 0.339 e. The van der Waals surface area contributed by atoms with Gasteiger partial charge in [0, 0.05) is 10.6 Å². The maximum atomic E-state index is 12.6. The molecule has 0 spiro atoms. The Hall–Kier alpha value is -2.36. The number of aryl methyl sites for hydroxylation is 1. The first kappa shape index (κ1) is 21.4. The summed E-state index contributed by atoms with van der Waals surface area (Å²) in [6, 6.07) is 10.9. The molecule has 1 N–H and O–H groups in total. The molecule has 1 heterocycles. The molecule has 3 rings (SSSR count). The van der Waals surface area contributed by atoms with E-state index < -0.39 is 14.9 Å². The van der Waals surface area contributed by atoms with E-state index in [1.54, 1.807) is 45.0 Å². The monoisotopic (exact) mass is 451 g/mol. The minimum atomic E-state index is -4.08. The summed E-state index contributed by atoms with van der Waals surface area (Å²) in [7, 11) is -4.08. The van der Waals surface area contributed by atoms with Gasteiger partial charge in [-0.2, -0.15) is 13.5 Å². The van der Waals surface area contributed by atoms with Gasteiger partial charge in [-0.1, -0.05) is 41.6 Å². The minimum absolute atomic E-state index is 0.0487. The first-order chi connectivity index (χ1) is 13.6. The molecule has 0 aromatic heterocycles. The smallest absolute Gasteiger partial charge is 0.339 e. The highest BCUT2D eigenvalue weighted by molar-refractivity contribution is 8.16. The van der Waals surface area contributed by atoms with E-state index in [1.807, 2.05) is 0 Å². The van der Waals surface area contributed by atoms with Crippen LogP contribution in [-0.4, -0.2) is 30.5 Å². The van der Waals surface area contributed by atoms with Crippen LogP contribution in [-0.2, 0) is 14.9 Å². The van der Waals surface area contributed by atoms with Gasteiger partial charge < -0.3 is 9.50 Å². The van der Waals surface area contributed by atoms with Crippen LogP contribution in [0.25, 0.3) is 0 Å². The molecular formula is C19H18ClN3O4S2. The number of nitrogens with one attached hydrogen (secondary N) is 1. The Morgan fingerprint density at radius 2 is 1.93 bits per heavy atom. The molecule has 1 aliphatic heterocycles. The summed E-state index contributed by atoms with van der Waals surface area (Å²) in [5, 5.41) is 11.3. The van der Waals surface area contributed by atoms with Crippen LogP contribution in [0.1, 0.15) is 25.0 Å². The third-order valence-electron chi connectivity index (χ3n) is 4.01. The molecule has 0 unspecified atom stereocenters. The molecule has 7 nitrogen and oxygen atoms in total. The first-order valence-corrected chi connectivity index (χ1v) is 11.1. The van der Waals surface area contributed by atoms with Crippen LogP contribution >= 0.6 is 23.4 Å². The zero-order valence-corrected chi connectivity index (χ0v) is 18.2. The lowest BCUT2D eigenvalue weighted by atomic mass is 10.2. The largest absolute Gasteiger partial charge is 0.378 e. The standard InChI is InChI=1S/C19H18ClN3O4S2/c1-12-8-9-14(10-15(12)20)29(25,26)27-16-7-5-4-6-13(16)11-21-23-18-22-17(24)19(2,3)28-18/h4-11H,1-3H3,(H,22,23,24)/b21-11-. The Morgan fingerprint density at radius 1 is 1.21 bits per heavy atom. The molecule has 1 fully saturated rings. The molecule has 0 aliphatic carbocycles. The zero-order valence-electron chi connectivity index (χ0n) is 15.8. The van der Waals surface area contributed by atoms with Crippen molar-refractivity contribution in [3.05, 3.63) is 58.6 Å². The molecule has 0 bridgehead atoms. The number of amides is 1. The molecular weight excluding hydrogens is 434 g/mol. The van der Waals surface area contributed by atoms with Crippen LogP contribution in [0.2, 0.25) is 5.02 Å². The van der Waals surface area contributed by atoms with Crippen molar-refractivity contribution in [3.63, 3.8) is 0 Å². The normalized spacial score (nSPS) is 17.7. The highest BCUT2D eigenvalue weighted by Crippen LogP contribution is 2.30. The first-order valence-electron chi connectivity index (χ1n) is 8.50. The van der Waals surface area contributed by atoms with E-state index >= 15 is 0 Å². The van der Waals surface area contributed by atoms with E-state index in [-0.39, 0.29) is 16.6 Å². The summed E-state index contributed by atoms with van der Waals surface area (Å²) >= 11 is 7.29. The Balaban J connectivity index is 1.82. The topological polar surface area (TPSA) is 97.2 Å². The SMILES string of the molecule is Cc1ccc(S(=O)(=O)Oc2ccccc2/C=N\N=C2/NC(=O)C(C)(C)S2)cc1Cl. The quantitative estimate of drug-likeness (QED) is 0.424. The lowest BCUT2D eigenvalue weighted by Gasteiger charge is -2.10. The fraction of sp³-hybridized carbons (Fsp3) is 0.211. The molecule has 29 heavy (non-hydrogen) atoms. The molecule has 10 heteroatoms. The van der Waals surface area contributed by atoms with Gasteiger partial charge in [-0.15, -0.1) is 5.10 Å². The van der Waals surface area contributed by atoms with E-state index in [1.165, 1.54) is 36.2 Å². The fourth-order valence-corrected chi connectivity index (χ4v) is 4.39. The molecule has 0 atom stereocenters. The van der Waals surface area contributed by atoms with Crippen molar-refractivity contribution in [2.45, 2.75) is 30.4 Å². The Bertz CT molecular complexity index is 1130. The van der Waals surface area contributed by atoms with E-state index in [4.69, 9.17) is 15.8 Å². The van der Waals surface area contributed by atoms with Crippen LogP contribution in [0.3, 0.4) is 0 Å². The molecule has 2 aromatic carbocycles. The van der Waals surface area contributed by atoms with Crippen LogP contribution in [0.4, 0.5) is 0 Å². The van der Waals surface area contributed by atoms with Gasteiger partial charge in [0.25, 0.3) is 0 Å². The van der Waals surface area contributed by atoms with E-state index in [9.17, 15) is 13.2 Å². The highest BCUT2D eigenvalue weighted by Gasteiger charge is 2.38. The average Bonchev–Trinajstić information content (AvgIpc) is 2.90. The molecule has 2 aromatic rings. The van der Waals surface area contributed by atoms with Gasteiger partial charge in [0.15, 0.2) is 10.9 Å². The third-order valence-corrected chi connectivity index (χ3v) is 6.73. The summed E-state index contributed by atoms with van der Waals surface area (Å²) in [5.74, 6) is -0.0559. The van der Waals surface area contributed by atoms with Gasteiger partial charge in [-0.3, -0.25) is 4.79 Å². The summed E-state index contributed by atoms with van der Waals surface area (Å²) in [6.07, 6.45) is 1.36. The van der Waals surface area contributed by atoms with E-state index in [2.05, 4.69) is 15.5 Å². The van der Waals surface area contributed by atoms with Crippen molar-refractivity contribution in [2.24, 2.45) is 10.2 Å². The number of rotatable bonds is 5. The molecule has 0 radical (unpaired) electrons. The molecule has 1 saturated heterocycles. The number of carbonyl (C=O) groups is 1. The van der Waals surface area contributed by atoms with Crippen LogP contribution in [0.5, 0.6) is 5.75 Å². The maximum absolute atomic E-state index is 12.6. The summed E-state index contributed by atoms with van der Waals surface area (Å²) in [4.78, 5) is 11.7. The van der Waals surface area contributed by atoms with Gasteiger partial charge in [-0.25, -0.2) is 0 Å². The second-order valence-electron chi connectivity index (χ2n) is 6.70. The lowest BCUT2D eigenvalue weighted by Crippen LogP contribution is -2.30. The van der Waals surface area contributed by atoms with Crippen molar-refractivity contribution < 1.29 is 17.4 Å². The number of hydrogen-bond donors (Lipinski definition) is 1. The second-order valence-corrected chi connectivity index (χ2v) is 10.3. The predicted octanol–water partition coefficient (Wildman–Crippen LogP) is 3.75. The second kappa shape index (κ2) is 8.17. The Morgan fingerprint density at radius 3 is 2.59 bits per heavy atom. The van der Waals surface area contributed by atoms with E-state index in [0.717, 1.165) is 5.56 Å². The third kappa shape index (κ3) is 4.98. The van der Waals surface area contributed by atoms with Crippen molar-refractivity contribution >= 4 is 50.8 Å². The van der Waals surface area contributed by atoms with Gasteiger partial charge in [0.2, 0.25) is 5.91 Å². The lowest BCUT2D eigenvalue weighted by molar-refractivity contribution is -0.120. The molecule has 0 saturated carbocycles. The molecule has 1 aliphatic rings. The number of amidine groups is 1. The molecule has 1 amide bonds. The number of nitrogens with zero attached hydrogens (tertiary/aromatic N) is 2. The van der Waals surface area contributed by atoms with Crippen molar-refractivity contribution in [3.8, 4) is 5.75 Å². The van der Waals surface area contributed by atoms with Crippen molar-refractivity contribution in [1.29, 1.82) is 0 Å². The number of thioether (sulfide) groups is 1. The predicted molar refractivity (Wildman–Crippen MR) is 115 cm³/mol. The number of benzene rings is 2. The van der Waals surface area contributed by atoms with Gasteiger partial charge in [0.1, 0.15) is 4.90 Å². The van der Waals surface area contributed by atoms with Crippen LogP contribution in [0.15, 0.2) is 57.6 Å². The Labute approximate surface area is 178 Å². The highest BCUT2D eigenvalue weighted by atomic mass is 35.5. The molecule has 152 valence electrons. The van der Waals surface area contributed by atoms with Crippen LogP contribution in [0, 0.1) is 6.92 Å². The van der Waals surface area contributed by atoms with Gasteiger partial charge in [0.05, 0.1) is 11.0 Å². The summed E-state index contributed by atoms with van der Waals surface area (Å²) < 4.78 is 29.9. The zero-order chi connectivity index (χ0) is 21.2. The Kier molecular flexibility index (Phi) is 6.02. The van der Waals surface area contributed by atoms with Gasteiger partial charge >= 0.3 is 10.1 Å². The summed E-state index contributed by atoms with van der Waals surface area (Å²) in [6.45, 7) is 5.34. The fourth-order valence-electron chi connectivity index (χ4n) is 2.31. The van der Waals surface area contributed by atoms with E-state index in [0.29, 0.717) is 15.8 Å².